The van der Waals surface area contributed by atoms with Crippen molar-refractivity contribution in [2.75, 3.05) is 18.4 Å². The van der Waals surface area contributed by atoms with Crippen molar-refractivity contribution in [3.63, 3.8) is 0 Å². The molecule has 0 aliphatic carbocycles. The van der Waals surface area contributed by atoms with E-state index in [0.717, 1.165) is 31.1 Å². The second kappa shape index (κ2) is 7.61. The molecule has 26 heavy (non-hydrogen) atoms. The molecule has 0 radical (unpaired) electrons. The standard InChI is InChI=1S/C19H23N7/c1-14-17(10-23-25-14)13-26-8-2-3-16(12-26)15-4-5-21-18(9-15)24-19-11-20-6-7-22-19/h4-7,9-11,16H,2-3,8,12-13H2,1H3,(H,23,25)(H,21,22,24). The molecule has 3 aromatic rings. The van der Waals surface area contributed by atoms with Gasteiger partial charge in [-0.2, -0.15) is 5.10 Å². The molecule has 7 nitrogen and oxygen atoms in total. The molecule has 0 spiro atoms. The predicted octanol–water partition coefficient (Wildman–Crippen LogP) is 3.03. The molecule has 1 aliphatic rings. The summed E-state index contributed by atoms with van der Waals surface area (Å²) in [5.41, 5.74) is 3.76. The van der Waals surface area contributed by atoms with Gasteiger partial charge in [0.2, 0.25) is 0 Å². The lowest BCUT2D eigenvalue weighted by Crippen LogP contribution is -2.34. The molecule has 4 rings (SSSR count). The minimum atomic E-state index is 0.515. The van der Waals surface area contributed by atoms with Gasteiger partial charge in [-0.15, -0.1) is 0 Å². The molecule has 134 valence electrons. The number of rotatable bonds is 5. The molecule has 1 atom stereocenters. The zero-order valence-corrected chi connectivity index (χ0v) is 14.9. The van der Waals surface area contributed by atoms with E-state index >= 15 is 0 Å². The maximum Gasteiger partial charge on any atom is 0.150 e. The molecule has 0 aromatic carbocycles. The number of nitrogens with one attached hydrogen (secondary N) is 2. The van der Waals surface area contributed by atoms with Crippen LogP contribution in [-0.4, -0.2) is 43.1 Å². The number of H-pyrrole nitrogens is 1. The number of piperidine rings is 1. The highest BCUT2D eigenvalue weighted by atomic mass is 15.2. The van der Waals surface area contributed by atoms with Gasteiger partial charge in [0.25, 0.3) is 0 Å². The Labute approximate surface area is 152 Å². The third-order valence-corrected chi connectivity index (χ3v) is 4.91. The molecular formula is C19H23N7. The van der Waals surface area contributed by atoms with Crippen LogP contribution < -0.4 is 5.32 Å². The minimum absolute atomic E-state index is 0.515. The Balaban J connectivity index is 1.45. The number of likely N-dealkylation sites (tertiary alicyclic amines) is 1. The van der Waals surface area contributed by atoms with Gasteiger partial charge in [-0.1, -0.05) is 0 Å². The normalized spacial score (nSPS) is 18.0. The fraction of sp³-hybridized carbons (Fsp3) is 0.368. The van der Waals surface area contributed by atoms with E-state index in [9.17, 15) is 0 Å². The van der Waals surface area contributed by atoms with Gasteiger partial charge in [0.15, 0.2) is 0 Å². The summed E-state index contributed by atoms with van der Waals surface area (Å²) in [5.74, 6) is 2.03. The van der Waals surface area contributed by atoms with Gasteiger partial charge < -0.3 is 5.32 Å². The first kappa shape index (κ1) is 16.7. The highest BCUT2D eigenvalue weighted by Gasteiger charge is 2.22. The highest BCUT2D eigenvalue weighted by Crippen LogP contribution is 2.29. The number of anilines is 2. The highest BCUT2D eigenvalue weighted by molar-refractivity contribution is 5.51. The first-order valence-electron chi connectivity index (χ1n) is 8.98. The Hall–Kier alpha value is -2.80. The number of aryl methyl sites for hydroxylation is 1. The van der Waals surface area contributed by atoms with Crippen LogP contribution in [0.25, 0.3) is 0 Å². The van der Waals surface area contributed by atoms with Crippen molar-refractivity contribution in [3.05, 3.63) is 59.9 Å². The molecule has 0 amide bonds. The van der Waals surface area contributed by atoms with Crippen LogP contribution in [0.1, 0.15) is 35.6 Å². The number of hydrogen-bond donors (Lipinski definition) is 2. The van der Waals surface area contributed by atoms with Crippen LogP contribution in [0, 0.1) is 6.92 Å². The molecule has 4 heterocycles. The van der Waals surface area contributed by atoms with E-state index in [1.807, 2.05) is 12.4 Å². The lowest BCUT2D eigenvalue weighted by molar-refractivity contribution is 0.200. The number of nitrogens with zero attached hydrogens (tertiary/aromatic N) is 5. The summed E-state index contributed by atoms with van der Waals surface area (Å²) < 4.78 is 0. The van der Waals surface area contributed by atoms with Gasteiger partial charge in [-0.05, 0) is 49.9 Å². The van der Waals surface area contributed by atoms with Crippen molar-refractivity contribution in [2.45, 2.75) is 32.2 Å². The Morgan fingerprint density at radius 1 is 1.19 bits per heavy atom. The number of aromatic nitrogens is 5. The minimum Gasteiger partial charge on any atom is -0.324 e. The van der Waals surface area contributed by atoms with E-state index in [4.69, 9.17) is 0 Å². The molecule has 1 fully saturated rings. The molecule has 7 heteroatoms. The summed E-state index contributed by atoms with van der Waals surface area (Å²) >= 11 is 0. The van der Waals surface area contributed by atoms with E-state index in [2.05, 4.69) is 54.4 Å². The third-order valence-electron chi connectivity index (χ3n) is 4.91. The molecule has 2 N–H and O–H groups in total. The topological polar surface area (TPSA) is 82.6 Å². The molecule has 1 aliphatic heterocycles. The van der Waals surface area contributed by atoms with E-state index in [-0.39, 0.29) is 0 Å². The van der Waals surface area contributed by atoms with Crippen molar-refractivity contribution in [1.29, 1.82) is 0 Å². The molecule has 0 saturated carbocycles. The molecule has 1 saturated heterocycles. The largest absolute Gasteiger partial charge is 0.324 e. The smallest absolute Gasteiger partial charge is 0.150 e. The third kappa shape index (κ3) is 3.88. The average molecular weight is 349 g/mol. The average Bonchev–Trinajstić information content (AvgIpc) is 3.08. The summed E-state index contributed by atoms with van der Waals surface area (Å²) in [7, 11) is 0. The van der Waals surface area contributed by atoms with Crippen LogP contribution in [0.2, 0.25) is 0 Å². The molecule has 3 aromatic heterocycles. The quantitative estimate of drug-likeness (QED) is 0.737. The lowest BCUT2D eigenvalue weighted by atomic mass is 9.91. The second-order valence-corrected chi connectivity index (χ2v) is 6.78. The Morgan fingerprint density at radius 2 is 2.12 bits per heavy atom. The summed E-state index contributed by atoms with van der Waals surface area (Å²) in [6.45, 7) is 5.22. The van der Waals surface area contributed by atoms with Gasteiger partial charge in [0.05, 0.1) is 12.4 Å². The maximum atomic E-state index is 4.42. The van der Waals surface area contributed by atoms with Gasteiger partial charge in [-0.25, -0.2) is 9.97 Å². The summed E-state index contributed by atoms with van der Waals surface area (Å²) in [6.07, 6.45) is 11.2. The van der Waals surface area contributed by atoms with Crippen molar-refractivity contribution in [3.8, 4) is 0 Å². The number of pyridine rings is 1. The van der Waals surface area contributed by atoms with Crippen LogP contribution in [0.3, 0.4) is 0 Å². The fourth-order valence-corrected chi connectivity index (χ4v) is 3.51. The van der Waals surface area contributed by atoms with Gasteiger partial charge in [0.1, 0.15) is 11.6 Å². The predicted molar refractivity (Wildman–Crippen MR) is 100 cm³/mol. The van der Waals surface area contributed by atoms with Crippen LogP contribution in [-0.2, 0) is 6.54 Å². The molecule has 0 bridgehead atoms. The summed E-state index contributed by atoms with van der Waals surface area (Å²) in [4.78, 5) is 15.3. The van der Waals surface area contributed by atoms with Gasteiger partial charge in [0, 0.05) is 42.9 Å². The summed E-state index contributed by atoms with van der Waals surface area (Å²) in [5, 5.41) is 10.4. The van der Waals surface area contributed by atoms with Crippen LogP contribution >= 0.6 is 0 Å². The van der Waals surface area contributed by atoms with E-state index in [1.54, 1.807) is 18.6 Å². The summed E-state index contributed by atoms with van der Waals surface area (Å²) in [6, 6.07) is 4.26. The van der Waals surface area contributed by atoms with Crippen molar-refractivity contribution >= 4 is 11.6 Å². The zero-order valence-electron chi connectivity index (χ0n) is 14.9. The Bertz CT molecular complexity index is 846. The first-order chi connectivity index (χ1) is 12.8. The number of aromatic amines is 1. The van der Waals surface area contributed by atoms with Crippen molar-refractivity contribution in [1.82, 2.24) is 30.0 Å². The van der Waals surface area contributed by atoms with Crippen LogP contribution in [0.4, 0.5) is 11.6 Å². The Morgan fingerprint density at radius 3 is 2.92 bits per heavy atom. The molecule has 1 unspecified atom stereocenters. The zero-order chi connectivity index (χ0) is 17.8. The first-order valence-corrected chi connectivity index (χ1v) is 8.98. The maximum absolute atomic E-state index is 4.42. The van der Waals surface area contributed by atoms with Crippen molar-refractivity contribution < 1.29 is 0 Å². The fourth-order valence-electron chi connectivity index (χ4n) is 3.51. The van der Waals surface area contributed by atoms with Gasteiger partial charge in [-0.3, -0.25) is 15.0 Å². The Kier molecular flexibility index (Phi) is 4.88. The number of hydrogen-bond acceptors (Lipinski definition) is 6. The SMILES string of the molecule is Cc1[nH]ncc1CN1CCCC(c2ccnc(Nc3cnccn3)c2)C1. The van der Waals surface area contributed by atoms with E-state index in [1.165, 1.54) is 24.0 Å². The molecular weight excluding hydrogens is 326 g/mol. The van der Waals surface area contributed by atoms with E-state index < -0.39 is 0 Å². The second-order valence-electron chi connectivity index (χ2n) is 6.78. The van der Waals surface area contributed by atoms with Crippen LogP contribution in [0.15, 0.2) is 43.1 Å². The van der Waals surface area contributed by atoms with Crippen molar-refractivity contribution in [2.24, 2.45) is 0 Å². The van der Waals surface area contributed by atoms with Crippen LogP contribution in [0.5, 0.6) is 0 Å². The monoisotopic (exact) mass is 349 g/mol. The lowest BCUT2D eigenvalue weighted by Gasteiger charge is -2.33. The van der Waals surface area contributed by atoms with Gasteiger partial charge >= 0.3 is 0 Å². The van der Waals surface area contributed by atoms with E-state index in [0.29, 0.717) is 11.7 Å².